The molecule has 144 heavy (non-hydrogen) atoms. The van der Waals surface area contributed by atoms with Gasteiger partial charge < -0.3 is 56.2 Å². The number of Topliss-reactive ketones (excluding diaryl/α,β-unsaturated/α-hetero) is 4. The Morgan fingerprint density at radius 3 is 0.972 bits per heavy atom. The van der Waals surface area contributed by atoms with Gasteiger partial charge in [0.1, 0.15) is 92.5 Å². The molecule has 1 aliphatic carbocycles. The number of likely N-dealkylation sites (tertiary alicyclic amines) is 4. The van der Waals surface area contributed by atoms with E-state index in [2.05, 4.69) is 101 Å². The SMILES string of the molecule is Cc1c(OC2CCN(C)CC2)ccc2cc(CC(=O)c3cn(CC4CCCCC4)nn3)c(=O)oc12.Cc1c(OC2CCN(C)CC2)ccc2cc(CC(=O)c3cn(CCCc4ccccc4)nn3)c(=O)oc12.Cc1c(OC2CCN(C)CC2)ccc2cc(CC(=O)c3cn(CCc4ccccc4)nn3)c(=O)oc12.Cc1ccccc1Cn1cc(C(=O)Cc2cc3ccc(OC4CCN(C)CC4)c(C)c3oc2=O)nn1. The maximum atomic E-state index is 12.9. The van der Waals surface area contributed by atoms with E-state index in [0.717, 1.165) is 207 Å². The number of benzene rings is 7. The van der Waals surface area contributed by atoms with Crippen LogP contribution >= 0.6 is 0 Å². The van der Waals surface area contributed by atoms with Crippen molar-refractivity contribution in [1.82, 2.24) is 79.6 Å². The van der Waals surface area contributed by atoms with Gasteiger partial charge >= 0.3 is 22.5 Å². The number of rotatable bonds is 31. The molecule has 0 atom stereocenters. The van der Waals surface area contributed by atoms with Gasteiger partial charge in [-0.25, -0.2) is 23.9 Å². The first-order chi connectivity index (χ1) is 69.7. The van der Waals surface area contributed by atoms with Gasteiger partial charge in [-0.2, -0.15) is 0 Å². The van der Waals surface area contributed by atoms with Crippen molar-refractivity contribution < 1.29 is 55.8 Å². The van der Waals surface area contributed by atoms with Gasteiger partial charge in [0.05, 0.1) is 31.3 Å². The fourth-order valence-corrected chi connectivity index (χ4v) is 19.2. The van der Waals surface area contributed by atoms with Crippen molar-refractivity contribution in [2.75, 3.05) is 80.5 Å². The summed E-state index contributed by atoms with van der Waals surface area (Å²) >= 11 is 0. The predicted molar refractivity (Wildman–Crippen MR) is 547 cm³/mol. The zero-order valence-electron chi connectivity index (χ0n) is 83.5. The highest BCUT2D eigenvalue weighted by atomic mass is 16.5. The smallest absolute Gasteiger partial charge is 0.339 e. The molecule has 32 nitrogen and oxygen atoms in total. The molecule has 0 radical (unpaired) electrons. The van der Waals surface area contributed by atoms with Crippen molar-refractivity contribution in [3.8, 4) is 23.0 Å². The van der Waals surface area contributed by atoms with E-state index in [-0.39, 0.29) is 90.3 Å². The van der Waals surface area contributed by atoms with E-state index in [0.29, 0.717) is 75.8 Å². The third kappa shape index (κ3) is 26.2. The zero-order valence-corrected chi connectivity index (χ0v) is 83.5. The summed E-state index contributed by atoms with van der Waals surface area (Å²) in [5, 5.41) is 35.6. The number of hydrogen-bond donors (Lipinski definition) is 0. The van der Waals surface area contributed by atoms with Crippen LogP contribution in [0.1, 0.15) is 199 Å². The summed E-state index contributed by atoms with van der Waals surface area (Å²) in [6.07, 6.45) is 23.5. The van der Waals surface area contributed by atoms with Gasteiger partial charge in [-0.1, -0.05) is 125 Å². The highest BCUT2D eigenvalue weighted by molar-refractivity contribution is 5.98. The number of carbonyl (C=O) groups is 4. The number of aromatic nitrogens is 12. The second-order valence-electron chi connectivity index (χ2n) is 39.2. The van der Waals surface area contributed by atoms with Gasteiger partial charge in [0.15, 0.2) is 23.1 Å². The molecule has 12 heterocycles. The number of hydrogen-bond acceptors (Lipinski definition) is 28. The van der Waals surface area contributed by atoms with Crippen LogP contribution < -0.4 is 41.4 Å². The molecule has 5 fully saturated rings. The van der Waals surface area contributed by atoms with Crippen molar-refractivity contribution in [2.24, 2.45) is 5.92 Å². The van der Waals surface area contributed by atoms with Crippen LogP contribution in [-0.2, 0) is 64.7 Å². The number of nitrogens with zero attached hydrogens (tertiary/aromatic N) is 16. The van der Waals surface area contributed by atoms with Crippen molar-refractivity contribution in [3.05, 3.63) is 314 Å². The summed E-state index contributed by atoms with van der Waals surface area (Å²) in [5.74, 6) is 2.49. The highest BCUT2D eigenvalue weighted by Gasteiger charge is 2.29. The van der Waals surface area contributed by atoms with E-state index in [1.165, 1.54) is 43.2 Å². The van der Waals surface area contributed by atoms with Gasteiger partial charge in [-0.05, 0) is 247 Å². The summed E-state index contributed by atoms with van der Waals surface area (Å²) in [5.41, 5.74) is 10.0. The minimum atomic E-state index is -0.525. The summed E-state index contributed by atoms with van der Waals surface area (Å²) in [6, 6.07) is 50.4. The molecule has 750 valence electrons. The average molecular weight is 1950 g/mol. The lowest BCUT2D eigenvalue weighted by Crippen LogP contribution is -2.35. The van der Waals surface area contributed by atoms with Crippen molar-refractivity contribution in [2.45, 2.75) is 214 Å². The summed E-state index contributed by atoms with van der Waals surface area (Å²) in [6.45, 7) is 20.3. The largest absolute Gasteiger partial charge is 0.490 e. The highest BCUT2D eigenvalue weighted by Crippen LogP contribution is 2.36. The third-order valence-electron chi connectivity index (χ3n) is 28.2. The van der Waals surface area contributed by atoms with Gasteiger partial charge in [0, 0.05) is 164 Å². The maximum Gasteiger partial charge on any atom is 0.339 e. The van der Waals surface area contributed by atoms with Crippen LogP contribution in [0, 0.1) is 40.5 Å². The number of piperidine rings is 4. The minimum absolute atomic E-state index is 0.0622. The molecule has 8 aromatic heterocycles. The monoisotopic (exact) mass is 1950 g/mol. The molecular formula is C112H126N16O16. The van der Waals surface area contributed by atoms with Gasteiger partial charge in [0.25, 0.3) is 0 Å². The molecule has 0 unspecified atom stereocenters. The van der Waals surface area contributed by atoms with Crippen molar-refractivity contribution in [1.29, 1.82) is 0 Å². The quantitative estimate of drug-likeness (QED) is 0.0288. The van der Waals surface area contributed by atoms with Gasteiger partial charge in [-0.15, -0.1) is 20.4 Å². The Balaban J connectivity index is 0.000000132. The number of aryl methyl sites for hydroxylation is 9. The Labute approximate surface area is 834 Å². The summed E-state index contributed by atoms with van der Waals surface area (Å²) in [4.78, 5) is 112. The normalized spacial score (nSPS) is 15.6. The molecule has 0 N–H and O–H groups in total. The Morgan fingerprint density at radius 2 is 0.625 bits per heavy atom. The van der Waals surface area contributed by atoms with Crippen LogP contribution in [-0.4, -0.2) is 208 Å². The maximum absolute atomic E-state index is 12.9. The van der Waals surface area contributed by atoms with E-state index in [9.17, 15) is 38.4 Å². The molecule has 15 aromatic rings. The summed E-state index contributed by atoms with van der Waals surface area (Å²) < 4.78 is 54.3. The molecule has 4 aliphatic heterocycles. The van der Waals surface area contributed by atoms with Crippen LogP contribution in [0.3, 0.4) is 0 Å². The topological polar surface area (TPSA) is 362 Å². The second kappa shape index (κ2) is 47.2. The number of ether oxygens (including phenoxy) is 4. The van der Waals surface area contributed by atoms with Crippen LogP contribution in [0.25, 0.3) is 43.9 Å². The van der Waals surface area contributed by atoms with E-state index >= 15 is 0 Å². The zero-order chi connectivity index (χ0) is 100. The van der Waals surface area contributed by atoms with E-state index in [1.807, 2.05) is 156 Å². The van der Waals surface area contributed by atoms with Crippen molar-refractivity contribution >= 4 is 67.0 Å². The minimum Gasteiger partial charge on any atom is -0.490 e. The Morgan fingerprint density at radius 1 is 0.326 bits per heavy atom. The first kappa shape index (κ1) is 101. The lowest BCUT2D eigenvalue weighted by molar-refractivity contribution is 0.0979. The van der Waals surface area contributed by atoms with Crippen LogP contribution in [0.4, 0.5) is 0 Å². The molecule has 7 aromatic carbocycles. The van der Waals surface area contributed by atoms with Gasteiger partial charge in [-0.3, -0.25) is 33.2 Å². The Bertz CT molecular complexity index is 7280. The van der Waals surface area contributed by atoms with Crippen molar-refractivity contribution in [3.63, 3.8) is 0 Å². The average Bonchev–Trinajstić information content (AvgIpc) is 1.18. The molecular weight excluding hydrogens is 1830 g/mol. The third-order valence-corrected chi connectivity index (χ3v) is 28.2. The number of carbonyl (C=O) groups excluding carboxylic acids is 4. The first-order valence-corrected chi connectivity index (χ1v) is 50.3. The predicted octanol–water partition coefficient (Wildman–Crippen LogP) is 16.2. The fraction of sp³-hybridized carbons (Fsp3) is 0.411. The van der Waals surface area contributed by atoms with E-state index in [1.54, 1.807) is 67.8 Å². The number of fused-ring (bicyclic) bond motifs is 4. The lowest BCUT2D eigenvalue weighted by Gasteiger charge is -2.29. The van der Waals surface area contributed by atoms with Crippen LogP contribution in [0.2, 0.25) is 0 Å². The molecule has 0 amide bonds. The van der Waals surface area contributed by atoms with Crippen LogP contribution in [0.5, 0.6) is 23.0 Å². The second-order valence-corrected chi connectivity index (χ2v) is 39.2. The van der Waals surface area contributed by atoms with Crippen LogP contribution in [0.15, 0.2) is 219 Å². The first-order valence-electron chi connectivity index (χ1n) is 50.3. The standard InChI is InChI=1S/C29H32N4O4.2C28H30N4O4.C27H34N4O4/c1-20-27(36-24-12-15-32(2)16-13-24)11-10-22-17-23(29(35)37-28(20)22)18-26(34)25-19-33(31-30-25)14-6-9-21-7-4-3-5-8-21;1-18-6-4-5-7-21(18)16-32-17-24(29-30-32)25(33)15-22-14-20-8-9-26(19(2)27(20)36-28(22)34)35-23-10-12-31(3)13-11-23;1-19-26(35-23-11-13-31(2)14-12-23)9-8-21-16-22(28(34)36-27(19)21)17-25(33)24-18-32(30-29-24)15-10-20-6-4-3-5-7-20;1-18-25(34-22-10-12-30(2)13-11-22)9-8-20-14-21(27(33)35-26(18)20)15-24(32)23-17-31(29-28-23)16-19-6-4-3-5-7-19/h3-5,7-8,10-11,17,19,24H,6,9,12-16,18H2,1-2H3;4-9,14,17,23H,10-13,15-16H2,1-3H3;3-9,16,18,23H,10-15,17H2,1-2H3;8-9,14,17,19,22H,3-7,10-13,15-16H2,1-2H3. The van der Waals surface area contributed by atoms with Gasteiger partial charge in [0.2, 0.25) is 0 Å². The summed E-state index contributed by atoms with van der Waals surface area (Å²) in [7, 11) is 8.46. The molecule has 32 heteroatoms. The Kier molecular flexibility index (Phi) is 33.2. The molecule has 20 rings (SSSR count). The molecule has 0 spiro atoms. The molecule has 0 bridgehead atoms. The molecule has 1 saturated carbocycles. The molecule has 4 saturated heterocycles. The number of ketones is 4. The lowest BCUT2D eigenvalue weighted by atomic mass is 9.89. The molecule has 5 aliphatic rings. The Hall–Kier alpha value is -14.3. The fourth-order valence-electron chi connectivity index (χ4n) is 19.2. The van der Waals surface area contributed by atoms with E-state index < -0.39 is 22.5 Å². The van der Waals surface area contributed by atoms with E-state index in [4.69, 9.17) is 36.6 Å².